The number of nitrogens with two attached hydrogens (primary N) is 1. The molecule has 1 fully saturated rings. The maximum atomic E-state index is 6.14. The van der Waals surface area contributed by atoms with Crippen LogP contribution in [0.1, 0.15) is 32.1 Å². The lowest BCUT2D eigenvalue weighted by Gasteiger charge is -2.21. The van der Waals surface area contributed by atoms with E-state index in [0.717, 1.165) is 30.1 Å². The molecule has 0 bridgehead atoms. The molecule has 0 spiro atoms. The Labute approximate surface area is 114 Å². The van der Waals surface area contributed by atoms with Crippen LogP contribution in [0, 0.1) is 5.92 Å². The molecule has 1 saturated carbocycles. The molecular weight excluding hydrogens is 240 g/mol. The number of hydrogen-bond acceptors (Lipinski definition) is 3. The van der Waals surface area contributed by atoms with Crippen molar-refractivity contribution in [2.45, 2.75) is 32.1 Å². The highest BCUT2D eigenvalue weighted by Gasteiger charge is 2.17. The van der Waals surface area contributed by atoms with Gasteiger partial charge in [0.15, 0.2) is 0 Å². The van der Waals surface area contributed by atoms with Gasteiger partial charge in [-0.1, -0.05) is 19.3 Å². The molecule has 1 aromatic carbocycles. The molecule has 104 valence electrons. The molecule has 2 N–H and O–H groups in total. The van der Waals surface area contributed by atoms with Crippen LogP contribution in [0.4, 0.5) is 5.69 Å². The quantitative estimate of drug-likeness (QED) is 0.669. The van der Waals surface area contributed by atoms with E-state index >= 15 is 0 Å². The molecule has 19 heavy (non-hydrogen) atoms. The molecule has 0 radical (unpaired) electrons. The van der Waals surface area contributed by atoms with Crippen molar-refractivity contribution in [1.29, 1.82) is 0 Å². The van der Waals surface area contributed by atoms with Gasteiger partial charge in [-0.3, -0.25) is 0 Å². The van der Waals surface area contributed by atoms with Crippen molar-refractivity contribution in [2.24, 2.45) is 16.6 Å². The number of rotatable bonds is 4. The molecule has 1 aliphatic carbocycles. The zero-order valence-electron chi connectivity index (χ0n) is 11.7. The summed E-state index contributed by atoms with van der Waals surface area (Å²) in [7, 11) is 3.26. The van der Waals surface area contributed by atoms with Crippen LogP contribution in [-0.2, 0) is 0 Å². The molecule has 4 nitrogen and oxygen atoms in total. The molecule has 0 unspecified atom stereocenters. The summed E-state index contributed by atoms with van der Waals surface area (Å²) < 4.78 is 10.5. The number of amidine groups is 1. The number of hydrogen-bond donors (Lipinski definition) is 1. The summed E-state index contributed by atoms with van der Waals surface area (Å²) in [6.07, 6.45) is 6.11. The fraction of sp³-hybridized carbons (Fsp3) is 0.533. The molecular formula is C15H22N2O2. The van der Waals surface area contributed by atoms with E-state index in [1.807, 2.05) is 18.2 Å². The molecule has 0 aliphatic heterocycles. The van der Waals surface area contributed by atoms with E-state index in [0.29, 0.717) is 11.7 Å². The average Bonchev–Trinajstić information content (AvgIpc) is 2.48. The number of aliphatic imine (C=N–C) groups is 1. The van der Waals surface area contributed by atoms with Gasteiger partial charge in [0.2, 0.25) is 0 Å². The molecule has 2 rings (SSSR count). The maximum Gasteiger partial charge on any atom is 0.148 e. The molecule has 0 saturated heterocycles. The van der Waals surface area contributed by atoms with Gasteiger partial charge in [-0.2, -0.15) is 0 Å². The van der Waals surface area contributed by atoms with Gasteiger partial charge in [-0.05, 0) is 25.0 Å². The van der Waals surface area contributed by atoms with Crippen molar-refractivity contribution in [3.05, 3.63) is 18.2 Å². The predicted octanol–water partition coefficient (Wildman–Crippen LogP) is 3.27. The predicted molar refractivity (Wildman–Crippen MR) is 77.4 cm³/mol. The summed E-state index contributed by atoms with van der Waals surface area (Å²) >= 11 is 0. The van der Waals surface area contributed by atoms with Gasteiger partial charge in [0.05, 0.1) is 14.2 Å². The highest BCUT2D eigenvalue weighted by atomic mass is 16.5. The summed E-state index contributed by atoms with van der Waals surface area (Å²) in [6, 6.07) is 5.58. The van der Waals surface area contributed by atoms with Crippen molar-refractivity contribution in [1.82, 2.24) is 0 Å². The SMILES string of the molecule is COc1ccc(N=C(N)C2CCCCC2)c(OC)c1. The van der Waals surface area contributed by atoms with Gasteiger partial charge in [0.1, 0.15) is 23.0 Å². The van der Waals surface area contributed by atoms with E-state index in [-0.39, 0.29) is 0 Å². The number of ether oxygens (including phenoxy) is 2. The van der Waals surface area contributed by atoms with Crippen LogP contribution in [-0.4, -0.2) is 20.1 Å². The summed E-state index contributed by atoms with van der Waals surface area (Å²) in [5.41, 5.74) is 6.91. The van der Waals surface area contributed by atoms with Crippen molar-refractivity contribution >= 4 is 11.5 Å². The topological polar surface area (TPSA) is 56.8 Å². The Balaban J connectivity index is 2.20. The van der Waals surface area contributed by atoms with Crippen LogP contribution >= 0.6 is 0 Å². The summed E-state index contributed by atoms with van der Waals surface area (Å²) in [5.74, 6) is 2.59. The van der Waals surface area contributed by atoms with Crippen molar-refractivity contribution in [3.8, 4) is 11.5 Å². The highest BCUT2D eigenvalue weighted by molar-refractivity contribution is 5.86. The minimum Gasteiger partial charge on any atom is -0.497 e. The summed E-state index contributed by atoms with van der Waals surface area (Å²) in [5, 5.41) is 0. The first-order chi connectivity index (χ1) is 9.24. The van der Waals surface area contributed by atoms with Crippen molar-refractivity contribution in [2.75, 3.05) is 14.2 Å². The van der Waals surface area contributed by atoms with E-state index < -0.39 is 0 Å². The third-order valence-electron chi connectivity index (χ3n) is 3.66. The molecule has 1 aliphatic rings. The third-order valence-corrected chi connectivity index (χ3v) is 3.66. The lowest BCUT2D eigenvalue weighted by molar-refractivity contribution is 0.395. The first kappa shape index (κ1) is 13.7. The van der Waals surface area contributed by atoms with Crippen molar-refractivity contribution in [3.63, 3.8) is 0 Å². The van der Waals surface area contributed by atoms with Crippen LogP contribution in [0.25, 0.3) is 0 Å². The largest absolute Gasteiger partial charge is 0.497 e. The lowest BCUT2D eigenvalue weighted by atomic mass is 9.88. The van der Waals surface area contributed by atoms with Crippen LogP contribution in [0.5, 0.6) is 11.5 Å². The molecule has 0 amide bonds. The Morgan fingerprint density at radius 2 is 1.89 bits per heavy atom. The third kappa shape index (κ3) is 3.40. The fourth-order valence-corrected chi connectivity index (χ4v) is 2.51. The minimum absolute atomic E-state index is 0.417. The molecule has 1 aromatic rings. The van der Waals surface area contributed by atoms with Gasteiger partial charge in [-0.25, -0.2) is 4.99 Å². The monoisotopic (exact) mass is 262 g/mol. The zero-order valence-corrected chi connectivity index (χ0v) is 11.7. The Kier molecular flexibility index (Phi) is 4.66. The first-order valence-corrected chi connectivity index (χ1v) is 6.80. The van der Waals surface area contributed by atoms with Crippen molar-refractivity contribution < 1.29 is 9.47 Å². The smallest absolute Gasteiger partial charge is 0.148 e. The first-order valence-electron chi connectivity index (χ1n) is 6.80. The molecule has 4 heteroatoms. The molecule has 0 heterocycles. The van der Waals surface area contributed by atoms with Gasteiger partial charge in [0, 0.05) is 12.0 Å². The van der Waals surface area contributed by atoms with Crippen LogP contribution in [0.2, 0.25) is 0 Å². The normalized spacial score (nSPS) is 17.3. The highest BCUT2D eigenvalue weighted by Crippen LogP contribution is 2.32. The van der Waals surface area contributed by atoms with E-state index in [1.54, 1.807) is 14.2 Å². The van der Waals surface area contributed by atoms with E-state index in [1.165, 1.54) is 19.3 Å². The van der Waals surface area contributed by atoms with Crippen LogP contribution in [0.3, 0.4) is 0 Å². The Bertz CT molecular complexity index is 451. The average molecular weight is 262 g/mol. The van der Waals surface area contributed by atoms with E-state index in [2.05, 4.69) is 4.99 Å². The van der Waals surface area contributed by atoms with E-state index in [4.69, 9.17) is 15.2 Å². The number of nitrogens with zero attached hydrogens (tertiary/aromatic N) is 1. The molecule has 0 atom stereocenters. The minimum atomic E-state index is 0.417. The Morgan fingerprint density at radius 3 is 2.53 bits per heavy atom. The Morgan fingerprint density at radius 1 is 1.16 bits per heavy atom. The lowest BCUT2D eigenvalue weighted by Crippen LogP contribution is -2.25. The molecule has 0 aromatic heterocycles. The van der Waals surface area contributed by atoms with Crippen LogP contribution in [0.15, 0.2) is 23.2 Å². The second-order valence-corrected chi connectivity index (χ2v) is 4.91. The van der Waals surface area contributed by atoms with Gasteiger partial charge in [0.25, 0.3) is 0 Å². The van der Waals surface area contributed by atoms with Gasteiger partial charge in [-0.15, -0.1) is 0 Å². The van der Waals surface area contributed by atoms with Gasteiger partial charge < -0.3 is 15.2 Å². The van der Waals surface area contributed by atoms with Gasteiger partial charge >= 0.3 is 0 Å². The standard InChI is InChI=1S/C15H22N2O2/c1-18-12-8-9-13(14(10-12)19-2)17-15(16)11-6-4-3-5-7-11/h8-11H,3-7H2,1-2H3,(H2,16,17). The Hall–Kier alpha value is -1.71. The fourth-order valence-electron chi connectivity index (χ4n) is 2.51. The maximum absolute atomic E-state index is 6.14. The zero-order chi connectivity index (χ0) is 13.7. The summed E-state index contributed by atoms with van der Waals surface area (Å²) in [6.45, 7) is 0. The second kappa shape index (κ2) is 6.45. The van der Waals surface area contributed by atoms with Crippen LogP contribution < -0.4 is 15.2 Å². The number of benzene rings is 1. The number of methoxy groups -OCH3 is 2. The van der Waals surface area contributed by atoms with E-state index in [9.17, 15) is 0 Å². The summed E-state index contributed by atoms with van der Waals surface area (Å²) in [4.78, 5) is 4.54. The second-order valence-electron chi connectivity index (χ2n) is 4.91.